The van der Waals surface area contributed by atoms with Crippen LogP contribution in [-0.2, 0) is 0 Å². The number of benzene rings is 4. The molecule has 0 aliphatic carbocycles. The Kier molecular flexibility index (Phi) is 8.17. The van der Waals surface area contributed by atoms with E-state index in [2.05, 4.69) is 0 Å². The molecule has 0 atom stereocenters. The van der Waals surface area contributed by atoms with E-state index < -0.39 is 19.7 Å². The third-order valence-corrected chi connectivity index (χ3v) is 6.31. The first-order valence-corrected chi connectivity index (χ1v) is 11.9. The van der Waals surface area contributed by atoms with Gasteiger partial charge in [-0.3, -0.25) is 40.5 Å². The number of ether oxygens (including phenoxy) is 2. The molecule has 0 bridgehead atoms. The van der Waals surface area contributed by atoms with Crippen molar-refractivity contribution in [1.29, 1.82) is 0 Å². The van der Waals surface area contributed by atoms with Crippen LogP contribution in [0.2, 0.25) is 0 Å². The van der Waals surface area contributed by atoms with Crippen LogP contribution in [-0.4, -0.2) is 33.9 Å². The van der Waals surface area contributed by atoms with E-state index in [1.54, 1.807) is 0 Å². The number of nitrogens with zero attached hydrogens (tertiary/aromatic N) is 4. The minimum absolute atomic E-state index is 0.0315. The minimum Gasteiger partial charge on any atom is -0.490 e. The van der Waals surface area contributed by atoms with Crippen molar-refractivity contribution in [2.24, 2.45) is 0 Å². The second-order valence-electron chi connectivity index (χ2n) is 8.65. The highest BCUT2D eigenvalue weighted by atomic mass is 16.6. The molecule has 0 aliphatic rings. The summed E-state index contributed by atoms with van der Waals surface area (Å²) in [6.45, 7) is 0. The van der Waals surface area contributed by atoms with Crippen molar-refractivity contribution in [3.8, 4) is 11.5 Å². The van der Waals surface area contributed by atoms with Crippen LogP contribution in [0.4, 0.5) is 22.7 Å². The number of nitro groups is 4. The SMILES string of the molecule is COc1ccc(C(=C(c2ccc([N+](=O)[O-])cc2)c2ccc([N+](=O)[O-])cc2)c2ccc(OC)c([N+](=O)[O-])c2)cc1[N+](=O)[O-]. The van der Waals surface area contributed by atoms with Crippen LogP contribution in [0.15, 0.2) is 84.9 Å². The second-order valence-corrected chi connectivity index (χ2v) is 8.65. The summed E-state index contributed by atoms with van der Waals surface area (Å²) in [5.41, 5.74) is 0.676. The first-order chi connectivity index (χ1) is 20.0. The average molecular weight is 572 g/mol. The van der Waals surface area contributed by atoms with E-state index in [0.29, 0.717) is 16.7 Å². The molecular formula is C28H20N4O10. The number of nitro benzene ring substituents is 4. The van der Waals surface area contributed by atoms with Crippen molar-refractivity contribution >= 4 is 33.9 Å². The van der Waals surface area contributed by atoms with Gasteiger partial charge in [0.2, 0.25) is 0 Å². The molecule has 0 saturated carbocycles. The van der Waals surface area contributed by atoms with E-state index >= 15 is 0 Å². The van der Waals surface area contributed by atoms with Gasteiger partial charge in [0, 0.05) is 36.4 Å². The fourth-order valence-electron chi connectivity index (χ4n) is 4.39. The lowest BCUT2D eigenvalue weighted by atomic mass is 9.85. The molecular weight excluding hydrogens is 552 g/mol. The van der Waals surface area contributed by atoms with Gasteiger partial charge in [0.15, 0.2) is 11.5 Å². The Labute approximate surface area is 236 Å². The molecule has 4 rings (SSSR count). The van der Waals surface area contributed by atoms with Gasteiger partial charge in [0.1, 0.15) is 0 Å². The second kappa shape index (κ2) is 11.9. The van der Waals surface area contributed by atoms with Gasteiger partial charge < -0.3 is 9.47 Å². The van der Waals surface area contributed by atoms with Crippen molar-refractivity contribution in [2.45, 2.75) is 0 Å². The third kappa shape index (κ3) is 5.72. The summed E-state index contributed by atoms with van der Waals surface area (Å²) in [5, 5.41) is 46.5. The van der Waals surface area contributed by atoms with Gasteiger partial charge in [-0.1, -0.05) is 12.1 Å². The van der Waals surface area contributed by atoms with Crippen LogP contribution in [0.5, 0.6) is 11.5 Å². The summed E-state index contributed by atoms with van der Waals surface area (Å²) in [4.78, 5) is 44.0. The molecule has 0 spiro atoms. The summed E-state index contributed by atoms with van der Waals surface area (Å²) in [6.07, 6.45) is 0. The minimum atomic E-state index is -0.645. The molecule has 0 saturated heterocycles. The maximum absolute atomic E-state index is 11.9. The molecule has 212 valence electrons. The zero-order valence-electron chi connectivity index (χ0n) is 22.0. The van der Waals surface area contributed by atoms with Crippen LogP contribution in [0.3, 0.4) is 0 Å². The largest absolute Gasteiger partial charge is 0.490 e. The molecule has 0 N–H and O–H groups in total. The van der Waals surface area contributed by atoms with Crippen molar-refractivity contribution < 1.29 is 29.2 Å². The highest BCUT2D eigenvalue weighted by molar-refractivity contribution is 6.05. The van der Waals surface area contributed by atoms with Crippen molar-refractivity contribution in [2.75, 3.05) is 14.2 Å². The van der Waals surface area contributed by atoms with Crippen LogP contribution in [0.1, 0.15) is 22.3 Å². The standard InChI is InChI=1S/C28H20N4O10/c1-41-25-13-7-19(15-23(25)31(37)38)28(20-8-14-26(42-2)24(16-20)32(39)40)27(17-3-9-21(10-4-17)29(33)34)18-5-11-22(12-6-18)30(35)36/h3-16H,1-2H3. The third-order valence-electron chi connectivity index (χ3n) is 6.31. The Morgan fingerprint density at radius 3 is 1.07 bits per heavy atom. The van der Waals surface area contributed by atoms with Gasteiger partial charge in [0.05, 0.1) is 33.9 Å². The van der Waals surface area contributed by atoms with Crippen LogP contribution in [0.25, 0.3) is 11.1 Å². The predicted octanol–water partition coefficient (Wildman–Crippen LogP) is 6.34. The molecule has 0 unspecified atom stereocenters. The van der Waals surface area contributed by atoms with E-state index in [1.165, 1.54) is 99.1 Å². The number of methoxy groups -OCH3 is 2. The van der Waals surface area contributed by atoms with Crippen molar-refractivity contribution in [3.63, 3.8) is 0 Å². The van der Waals surface area contributed by atoms with E-state index in [-0.39, 0.29) is 50.9 Å². The van der Waals surface area contributed by atoms with Crippen LogP contribution >= 0.6 is 0 Å². The summed E-state index contributed by atoms with van der Waals surface area (Å²) in [5.74, 6) is -0.0629. The van der Waals surface area contributed by atoms with Crippen LogP contribution in [0, 0.1) is 40.5 Å². The maximum atomic E-state index is 11.9. The molecule has 0 aliphatic heterocycles. The Bertz CT molecular complexity index is 1620. The van der Waals surface area contributed by atoms with Gasteiger partial charge >= 0.3 is 11.4 Å². The van der Waals surface area contributed by atoms with E-state index in [4.69, 9.17) is 9.47 Å². The summed E-state index contributed by atoms with van der Waals surface area (Å²) in [6, 6.07) is 19.1. The molecule has 4 aromatic carbocycles. The van der Waals surface area contributed by atoms with E-state index in [9.17, 15) is 40.5 Å². The van der Waals surface area contributed by atoms with Gasteiger partial charge in [-0.05, 0) is 69.8 Å². The first kappa shape index (κ1) is 28.8. The number of hydrogen-bond acceptors (Lipinski definition) is 10. The lowest BCUT2D eigenvalue weighted by Gasteiger charge is -2.18. The molecule has 0 aromatic heterocycles. The van der Waals surface area contributed by atoms with E-state index in [1.807, 2.05) is 0 Å². The predicted molar refractivity (Wildman–Crippen MR) is 151 cm³/mol. The molecule has 14 nitrogen and oxygen atoms in total. The normalized spacial score (nSPS) is 10.4. The average Bonchev–Trinajstić information content (AvgIpc) is 2.99. The monoisotopic (exact) mass is 572 g/mol. The van der Waals surface area contributed by atoms with E-state index in [0.717, 1.165) is 0 Å². The smallest absolute Gasteiger partial charge is 0.311 e. The lowest BCUT2D eigenvalue weighted by molar-refractivity contribution is -0.385. The molecule has 0 radical (unpaired) electrons. The van der Waals surface area contributed by atoms with Crippen molar-refractivity contribution in [1.82, 2.24) is 0 Å². The summed E-state index contributed by atoms with van der Waals surface area (Å²) >= 11 is 0. The first-order valence-electron chi connectivity index (χ1n) is 11.9. The molecule has 0 heterocycles. The Morgan fingerprint density at radius 1 is 0.476 bits per heavy atom. The highest BCUT2D eigenvalue weighted by Gasteiger charge is 2.25. The molecule has 4 aromatic rings. The molecule has 0 fully saturated rings. The quantitative estimate of drug-likeness (QED) is 0.118. The maximum Gasteiger partial charge on any atom is 0.311 e. The van der Waals surface area contributed by atoms with Crippen molar-refractivity contribution in [3.05, 3.63) is 148 Å². The number of hydrogen-bond donors (Lipinski definition) is 0. The van der Waals surface area contributed by atoms with Gasteiger partial charge in [-0.15, -0.1) is 0 Å². The Balaban J connectivity index is 2.18. The van der Waals surface area contributed by atoms with Crippen LogP contribution < -0.4 is 9.47 Å². The fourth-order valence-corrected chi connectivity index (χ4v) is 4.39. The van der Waals surface area contributed by atoms with Gasteiger partial charge in [0.25, 0.3) is 11.4 Å². The molecule has 14 heteroatoms. The number of non-ortho nitro benzene ring substituents is 2. The lowest BCUT2D eigenvalue weighted by Crippen LogP contribution is -2.02. The zero-order chi connectivity index (χ0) is 30.6. The fraction of sp³-hybridized carbons (Fsp3) is 0.0714. The summed E-state index contributed by atoms with van der Waals surface area (Å²) < 4.78 is 10.3. The molecule has 42 heavy (non-hydrogen) atoms. The van der Waals surface area contributed by atoms with Gasteiger partial charge in [-0.25, -0.2) is 0 Å². The number of rotatable bonds is 10. The van der Waals surface area contributed by atoms with Gasteiger partial charge in [-0.2, -0.15) is 0 Å². The topological polar surface area (TPSA) is 191 Å². The summed E-state index contributed by atoms with van der Waals surface area (Å²) in [7, 11) is 2.54. The zero-order valence-corrected chi connectivity index (χ0v) is 22.0. The Hall–Kier alpha value is -6.18. The highest BCUT2D eigenvalue weighted by Crippen LogP contribution is 2.42. The Morgan fingerprint density at radius 2 is 0.786 bits per heavy atom. The molecule has 0 amide bonds.